The van der Waals surface area contributed by atoms with Crippen molar-refractivity contribution in [2.75, 3.05) is 0 Å². The molecule has 0 N–H and O–H groups in total. The predicted molar refractivity (Wildman–Crippen MR) is 87.2 cm³/mol. The van der Waals surface area contributed by atoms with Crippen LogP contribution in [0.1, 0.15) is 24.0 Å². The fourth-order valence-corrected chi connectivity index (χ4v) is 1.96. The van der Waals surface area contributed by atoms with E-state index in [1.165, 1.54) is 0 Å². The summed E-state index contributed by atoms with van der Waals surface area (Å²) < 4.78 is 5.40. The number of rotatable bonds is 6. The first-order valence-electron chi connectivity index (χ1n) is 6.86. The van der Waals surface area contributed by atoms with E-state index in [-0.39, 0.29) is 12.8 Å². The molecule has 112 valence electrons. The lowest BCUT2D eigenvalue weighted by Gasteiger charge is -2.09. The van der Waals surface area contributed by atoms with E-state index >= 15 is 0 Å². The van der Waals surface area contributed by atoms with Gasteiger partial charge >= 0.3 is 5.97 Å². The van der Waals surface area contributed by atoms with Gasteiger partial charge in [-0.3, -0.25) is 4.79 Å². The molecule has 4 heteroatoms. The van der Waals surface area contributed by atoms with Crippen LogP contribution in [0.15, 0.2) is 54.6 Å². The number of hydrogen-bond acceptors (Lipinski definition) is 3. The molecule has 3 nitrogen and oxygen atoms in total. The van der Waals surface area contributed by atoms with Crippen LogP contribution in [-0.2, 0) is 14.3 Å². The third kappa shape index (κ3) is 4.86. The van der Waals surface area contributed by atoms with Gasteiger partial charge in [-0.25, -0.2) is 0 Å². The van der Waals surface area contributed by atoms with E-state index in [9.17, 15) is 9.59 Å². The molecular weight excluding hydrogens is 300 g/mol. The predicted octanol–water partition coefficient (Wildman–Crippen LogP) is 4.36. The summed E-state index contributed by atoms with van der Waals surface area (Å²) >= 11 is 5.87. The van der Waals surface area contributed by atoms with Gasteiger partial charge in [-0.1, -0.05) is 54.1 Å². The van der Waals surface area contributed by atoms with Gasteiger partial charge in [-0.2, -0.15) is 0 Å². The van der Waals surface area contributed by atoms with Crippen molar-refractivity contribution in [2.24, 2.45) is 0 Å². The molecule has 2 aromatic rings. The minimum absolute atomic E-state index is 0.0638. The van der Waals surface area contributed by atoms with Crippen molar-refractivity contribution in [3.05, 3.63) is 70.7 Å². The summed E-state index contributed by atoms with van der Waals surface area (Å²) in [6, 6.07) is 16.5. The zero-order chi connectivity index (χ0) is 15.8. The van der Waals surface area contributed by atoms with Gasteiger partial charge in [0, 0.05) is 17.0 Å². The van der Waals surface area contributed by atoms with E-state index < -0.39 is 5.97 Å². The van der Waals surface area contributed by atoms with Gasteiger partial charge in [0.15, 0.2) is 0 Å². The van der Waals surface area contributed by atoms with Crippen LogP contribution in [0.25, 0.3) is 11.8 Å². The second-order valence-corrected chi connectivity index (χ2v) is 5.04. The second kappa shape index (κ2) is 8.15. The van der Waals surface area contributed by atoms with Crippen molar-refractivity contribution in [1.82, 2.24) is 0 Å². The maximum atomic E-state index is 11.8. The van der Waals surface area contributed by atoms with Gasteiger partial charge in [0.2, 0.25) is 0 Å². The zero-order valence-corrected chi connectivity index (χ0v) is 12.6. The molecule has 2 rings (SSSR count). The van der Waals surface area contributed by atoms with Crippen molar-refractivity contribution >= 4 is 35.7 Å². The molecule has 0 amide bonds. The summed E-state index contributed by atoms with van der Waals surface area (Å²) in [5, 5.41) is 0.640. The molecule has 0 heterocycles. The number of aldehydes is 1. The third-order valence-corrected chi connectivity index (χ3v) is 3.17. The molecular formula is C18H15ClO3. The smallest absolute Gasteiger partial charge is 0.311 e. The maximum absolute atomic E-state index is 11.8. The quantitative estimate of drug-likeness (QED) is 0.344. The Kier molecular flexibility index (Phi) is 5.92. The maximum Gasteiger partial charge on any atom is 0.311 e. The molecule has 0 radical (unpaired) electrons. The minimum Gasteiger partial charge on any atom is -0.426 e. The van der Waals surface area contributed by atoms with E-state index in [1.807, 2.05) is 42.5 Å². The van der Waals surface area contributed by atoms with Crippen LogP contribution >= 0.6 is 11.6 Å². The van der Waals surface area contributed by atoms with Crippen molar-refractivity contribution in [1.29, 1.82) is 0 Å². The van der Waals surface area contributed by atoms with E-state index in [2.05, 4.69) is 0 Å². The SMILES string of the molecule is O=CCCC(=O)O/C(=C/c1ccc(Cl)cc1)c1ccccc1. The first-order chi connectivity index (χ1) is 10.7. The Morgan fingerprint density at radius 1 is 1.05 bits per heavy atom. The first-order valence-corrected chi connectivity index (χ1v) is 7.24. The van der Waals surface area contributed by atoms with Crippen molar-refractivity contribution in [3.63, 3.8) is 0 Å². The van der Waals surface area contributed by atoms with Crippen LogP contribution in [0.3, 0.4) is 0 Å². The Bertz CT molecular complexity index is 660. The fourth-order valence-electron chi connectivity index (χ4n) is 1.83. The van der Waals surface area contributed by atoms with Gasteiger partial charge in [0.25, 0.3) is 0 Å². The average Bonchev–Trinajstić information content (AvgIpc) is 2.55. The fraction of sp³-hybridized carbons (Fsp3) is 0.111. The Balaban J connectivity index is 2.27. The van der Waals surface area contributed by atoms with Gasteiger partial charge in [0.05, 0.1) is 6.42 Å². The molecule has 0 fully saturated rings. The summed E-state index contributed by atoms with van der Waals surface area (Å²) in [5.74, 6) is 0.00925. The van der Waals surface area contributed by atoms with Gasteiger partial charge in [-0.05, 0) is 23.8 Å². The summed E-state index contributed by atoms with van der Waals surface area (Å²) in [6.45, 7) is 0. The Morgan fingerprint density at radius 3 is 2.36 bits per heavy atom. The summed E-state index contributed by atoms with van der Waals surface area (Å²) in [5.41, 5.74) is 1.66. The van der Waals surface area contributed by atoms with Crippen molar-refractivity contribution in [3.8, 4) is 0 Å². The van der Waals surface area contributed by atoms with E-state index in [0.29, 0.717) is 17.1 Å². The van der Waals surface area contributed by atoms with E-state index in [4.69, 9.17) is 16.3 Å². The molecule has 0 aliphatic heterocycles. The normalized spacial score (nSPS) is 11.0. The summed E-state index contributed by atoms with van der Waals surface area (Å²) in [6.07, 6.45) is 2.69. The van der Waals surface area contributed by atoms with Crippen molar-refractivity contribution in [2.45, 2.75) is 12.8 Å². The third-order valence-electron chi connectivity index (χ3n) is 2.92. The zero-order valence-electron chi connectivity index (χ0n) is 11.9. The minimum atomic E-state index is -0.434. The van der Waals surface area contributed by atoms with Crippen LogP contribution in [0, 0.1) is 0 Å². The molecule has 0 bridgehead atoms. The highest BCUT2D eigenvalue weighted by Crippen LogP contribution is 2.21. The van der Waals surface area contributed by atoms with E-state index in [0.717, 1.165) is 11.1 Å². The Hall–Kier alpha value is -2.39. The van der Waals surface area contributed by atoms with Crippen LogP contribution < -0.4 is 0 Å². The molecule has 22 heavy (non-hydrogen) atoms. The van der Waals surface area contributed by atoms with Crippen LogP contribution in [-0.4, -0.2) is 12.3 Å². The molecule has 0 atom stereocenters. The molecule has 0 spiro atoms. The standard InChI is InChI=1S/C18H15ClO3/c19-16-10-8-14(9-11-16)13-17(15-5-2-1-3-6-15)22-18(21)7-4-12-20/h1-3,5-6,8-13H,4,7H2/b17-13+. The Morgan fingerprint density at radius 2 is 1.73 bits per heavy atom. The van der Waals surface area contributed by atoms with E-state index in [1.54, 1.807) is 18.2 Å². The van der Waals surface area contributed by atoms with Gasteiger partial charge in [0.1, 0.15) is 12.0 Å². The lowest BCUT2D eigenvalue weighted by atomic mass is 10.1. The topological polar surface area (TPSA) is 43.4 Å². The number of esters is 1. The van der Waals surface area contributed by atoms with Crippen LogP contribution in [0.4, 0.5) is 0 Å². The molecule has 0 aliphatic carbocycles. The first kappa shape index (κ1) is 16.0. The number of benzene rings is 2. The van der Waals surface area contributed by atoms with Crippen molar-refractivity contribution < 1.29 is 14.3 Å². The highest BCUT2D eigenvalue weighted by Gasteiger charge is 2.09. The lowest BCUT2D eigenvalue weighted by molar-refractivity contribution is -0.137. The molecule has 0 unspecified atom stereocenters. The monoisotopic (exact) mass is 314 g/mol. The Labute approximate surface area is 134 Å². The summed E-state index contributed by atoms with van der Waals surface area (Å²) in [4.78, 5) is 22.1. The molecule has 0 saturated carbocycles. The number of carbonyl (C=O) groups excluding carboxylic acids is 2. The second-order valence-electron chi connectivity index (χ2n) is 4.61. The molecule has 0 saturated heterocycles. The lowest BCUT2D eigenvalue weighted by Crippen LogP contribution is -2.04. The highest BCUT2D eigenvalue weighted by molar-refractivity contribution is 6.30. The number of halogens is 1. The molecule has 2 aromatic carbocycles. The van der Waals surface area contributed by atoms with Crippen LogP contribution in [0.2, 0.25) is 5.02 Å². The molecule has 0 aromatic heterocycles. The number of carbonyl (C=O) groups is 2. The van der Waals surface area contributed by atoms with Gasteiger partial charge < -0.3 is 9.53 Å². The summed E-state index contributed by atoms with van der Waals surface area (Å²) in [7, 11) is 0. The molecule has 0 aliphatic rings. The number of hydrogen-bond donors (Lipinski definition) is 0. The largest absolute Gasteiger partial charge is 0.426 e. The highest BCUT2D eigenvalue weighted by atomic mass is 35.5. The number of ether oxygens (including phenoxy) is 1. The van der Waals surface area contributed by atoms with Crippen LogP contribution in [0.5, 0.6) is 0 Å². The average molecular weight is 315 g/mol. The van der Waals surface area contributed by atoms with Gasteiger partial charge in [-0.15, -0.1) is 0 Å².